The largest absolute Gasteiger partial charge is 0.490 e. The van der Waals surface area contributed by atoms with Gasteiger partial charge in [0.15, 0.2) is 11.5 Å². The average molecular weight is 445 g/mol. The lowest BCUT2D eigenvalue weighted by Crippen LogP contribution is -2.33. The topological polar surface area (TPSA) is 77.5 Å². The zero-order valence-electron chi connectivity index (χ0n) is 17.0. The van der Waals surface area contributed by atoms with Gasteiger partial charge >= 0.3 is 12.1 Å². The molecule has 1 aliphatic carbocycles. The minimum atomic E-state index is -5.08. The van der Waals surface area contributed by atoms with Crippen molar-refractivity contribution in [3.8, 4) is 11.5 Å². The summed E-state index contributed by atoms with van der Waals surface area (Å²) in [5.41, 5.74) is 1.29. The molecule has 7 nitrogen and oxygen atoms in total. The number of aliphatic carboxylic acids is 1. The molecule has 10 heteroatoms. The van der Waals surface area contributed by atoms with Gasteiger partial charge in [0.25, 0.3) is 0 Å². The molecule has 0 unspecified atom stereocenters. The maximum Gasteiger partial charge on any atom is 0.490 e. The second kappa shape index (κ2) is 8.84. The summed E-state index contributed by atoms with van der Waals surface area (Å²) in [4.78, 5) is 11.4. The number of ether oxygens (including phenoxy) is 4. The van der Waals surface area contributed by atoms with Gasteiger partial charge in [-0.05, 0) is 42.9 Å². The number of hydrogen-bond donors (Lipinski definition) is 1. The maximum absolute atomic E-state index is 10.6. The standard InChI is InChI=1S/C19H25NO4.C2HF3O2/c1-2-14(1)10-21-16-8-19(24-11-16)5-6-20(12-19)9-15-3-4-17-18(7-15)23-13-22-17;3-2(4,5)1(6)7/h3-4,7,14,16H,1-2,5-6,8-13H2;(H,6,7)/t16-,19+;/m1./s1. The highest BCUT2D eigenvalue weighted by Gasteiger charge is 2.46. The Hall–Kier alpha value is -2.04. The average Bonchev–Trinajstić information content (AvgIpc) is 3.10. The molecule has 1 N–H and O–H groups in total. The van der Waals surface area contributed by atoms with Gasteiger partial charge < -0.3 is 24.1 Å². The van der Waals surface area contributed by atoms with Crippen molar-refractivity contribution in [3.63, 3.8) is 0 Å². The van der Waals surface area contributed by atoms with E-state index in [0.29, 0.717) is 12.9 Å². The van der Waals surface area contributed by atoms with E-state index in [9.17, 15) is 13.2 Å². The van der Waals surface area contributed by atoms with Gasteiger partial charge in [-0.3, -0.25) is 4.90 Å². The van der Waals surface area contributed by atoms with Crippen molar-refractivity contribution >= 4 is 5.97 Å². The van der Waals surface area contributed by atoms with Crippen molar-refractivity contribution in [1.82, 2.24) is 4.90 Å². The molecule has 3 heterocycles. The molecule has 172 valence electrons. The molecule has 2 atom stereocenters. The number of benzene rings is 1. The highest BCUT2D eigenvalue weighted by molar-refractivity contribution is 5.73. The van der Waals surface area contributed by atoms with Crippen LogP contribution in [-0.4, -0.2) is 67.0 Å². The smallest absolute Gasteiger partial charge is 0.475 e. The molecule has 3 fully saturated rings. The Morgan fingerprint density at radius 2 is 2.00 bits per heavy atom. The third-order valence-electron chi connectivity index (χ3n) is 5.92. The Balaban J connectivity index is 0.000000289. The van der Waals surface area contributed by atoms with E-state index in [1.807, 2.05) is 6.07 Å². The molecule has 1 aromatic carbocycles. The number of halogens is 3. The Bertz CT molecular complexity index is 800. The fraction of sp³-hybridized carbons (Fsp3) is 0.667. The quantitative estimate of drug-likeness (QED) is 0.746. The number of nitrogens with zero attached hydrogens (tertiary/aromatic N) is 1. The van der Waals surface area contributed by atoms with E-state index in [1.165, 1.54) is 18.4 Å². The van der Waals surface area contributed by atoms with Crippen molar-refractivity contribution < 1.29 is 42.0 Å². The van der Waals surface area contributed by atoms with Crippen LogP contribution >= 0.6 is 0 Å². The van der Waals surface area contributed by atoms with E-state index in [2.05, 4.69) is 17.0 Å². The van der Waals surface area contributed by atoms with E-state index in [0.717, 1.165) is 63.1 Å². The molecule has 4 aliphatic rings. The zero-order valence-corrected chi connectivity index (χ0v) is 17.0. The van der Waals surface area contributed by atoms with Gasteiger partial charge in [0.05, 0.1) is 18.3 Å². The van der Waals surface area contributed by atoms with Gasteiger partial charge in [-0.15, -0.1) is 0 Å². The van der Waals surface area contributed by atoms with Gasteiger partial charge in [0.2, 0.25) is 6.79 Å². The Morgan fingerprint density at radius 1 is 1.26 bits per heavy atom. The van der Waals surface area contributed by atoms with Crippen LogP contribution in [0.25, 0.3) is 0 Å². The van der Waals surface area contributed by atoms with Crippen LogP contribution < -0.4 is 9.47 Å². The van der Waals surface area contributed by atoms with Crippen molar-refractivity contribution in [1.29, 1.82) is 0 Å². The Morgan fingerprint density at radius 3 is 2.71 bits per heavy atom. The predicted octanol–water partition coefficient (Wildman–Crippen LogP) is 3.21. The Kier molecular flexibility index (Phi) is 6.32. The van der Waals surface area contributed by atoms with E-state index < -0.39 is 12.1 Å². The van der Waals surface area contributed by atoms with Crippen molar-refractivity contribution in [2.75, 3.05) is 33.1 Å². The van der Waals surface area contributed by atoms with Gasteiger partial charge in [0, 0.05) is 32.7 Å². The number of carboxylic acids is 1. The summed E-state index contributed by atoms with van der Waals surface area (Å²) < 4.78 is 54.8. The molecular weight excluding hydrogens is 419 g/mol. The molecule has 1 saturated carbocycles. The molecule has 2 saturated heterocycles. The molecule has 5 rings (SSSR count). The molecule has 0 aromatic heterocycles. The van der Waals surface area contributed by atoms with Crippen molar-refractivity contribution in [3.05, 3.63) is 23.8 Å². The van der Waals surface area contributed by atoms with Crippen LogP contribution in [0.15, 0.2) is 18.2 Å². The lowest BCUT2D eigenvalue weighted by Gasteiger charge is -2.23. The number of hydrogen-bond acceptors (Lipinski definition) is 6. The van der Waals surface area contributed by atoms with Gasteiger partial charge in [-0.2, -0.15) is 13.2 Å². The number of rotatable bonds is 5. The molecule has 0 amide bonds. The molecule has 0 bridgehead atoms. The summed E-state index contributed by atoms with van der Waals surface area (Å²) in [7, 11) is 0. The van der Waals surface area contributed by atoms with Crippen LogP contribution in [0.1, 0.15) is 31.2 Å². The minimum Gasteiger partial charge on any atom is -0.475 e. The summed E-state index contributed by atoms with van der Waals surface area (Å²) in [5, 5.41) is 7.12. The molecule has 1 spiro atoms. The number of alkyl halides is 3. The van der Waals surface area contributed by atoms with Crippen LogP contribution in [0.3, 0.4) is 0 Å². The lowest BCUT2D eigenvalue weighted by molar-refractivity contribution is -0.192. The third kappa shape index (κ3) is 5.81. The maximum atomic E-state index is 10.6. The number of likely N-dealkylation sites (tertiary alicyclic amines) is 1. The van der Waals surface area contributed by atoms with Crippen LogP contribution in [0.4, 0.5) is 13.2 Å². The van der Waals surface area contributed by atoms with Gasteiger partial charge in [-0.25, -0.2) is 4.79 Å². The highest BCUT2D eigenvalue weighted by Crippen LogP contribution is 2.39. The van der Waals surface area contributed by atoms with E-state index in [-0.39, 0.29) is 5.60 Å². The first-order chi connectivity index (χ1) is 14.7. The highest BCUT2D eigenvalue weighted by atomic mass is 19.4. The molecule has 0 radical (unpaired) electrons. The van der Waals surface area contributed by atoms with Crippen LogP contribution in [0, 0.1) is 5.92 Å². The predicted molar refractivity (Wildman–Crippen MR) is 102 cm³/mol. The van der Waals surface area contributed by atoms with Crippen LogP contribution in [0.5, 0.6) is 11.5 Å². The first-order valence-electron chi connectivity index (χ1n) is 10.4. The third-order valence-corrected chi connectivity index (χ3v) is 5.92. The summed E-state index contributed by atoms with van der Waals surface area (Å²) in [6, 6.07) is 6.25. The van der Waals surface area contributed by atoms with E-state index >= 15 is 0 Å². The Labute approximate surface area is 178 Å². The number of fused-ring (bicyclic) bond motifs is 1. The normalized spacial score (nSPS) is 27.4. The summed E-state index contributed by atoms with van der Waals surface area (Å²) >= 11 is 0. The second-order valence-electron chi connectivity index (χ2n) is 8.55. The van der Waals surface area contributed by atoms with Crippen molar-refractivity contribution in [2.45, 2.75) is 50.1 Å². The first kappa shape index (κ1) is 22.2. The zero-order chi connectivity index (χ0) is 22.1. The summed E-state index contributed by atoms with van der Waals surface area (Å²) in [6.07, 6.45) is 0.0820. The monoisotopic (exact) mass is 445 g/mol. The second-order valence-corrected chi connectivity index (χ2v) is 8.55. The molecule has 1 aromatic rings. The molecule has 31 heavy (non-hydrogen) atoms. The summed E-state index contributed by atoms with van der Waals surface area (Å²) in [6.45, 7) is 5.07. The lowest BCUT2D eigenvalue weighted by atomic mass is 9.98. The van der Waals surface area contributed by atoms with Gasteiger partial charge in [0.1, 0.15) is 0 Å². The summed E-state index contributed by atoms with van der Waals surface area (Å²) in [5.74, 6) is -0.210. The van der Waals surface area contributed by atoms with Gasteiger partial charge in [-0.1, -0.05) is 6.07 Å². The SMILES string of the molecule is O=C(O)C(F)(F)F.c1cc2c(cc1CN1CC[C@]3(C[C@@H](OCC4CC4)CO3)C1)OCO2. The van der Waals surface area contributed by atoms with E-state index in [1.54, 1.807) is 0 Å². The number of carbonyl (C=O) groups is 1. The van der Waals surface area contributed by atoms with Crippen molar-refractivity contribution in [2.24, 2.45) is 5.92 Å². The fourth-order valence-electron chi connectivity index (χ4n) is 4.11. The fourth-order valence-corrected chi connectivity index (χ4v) is 4.11. The first-order valence-corrected chi connectivity index (χ1v) is 10.4. The minimum absolute atomic E-state index is 0.0184. The van der Waals surface area contributed by atoms with Crippen LogP contribution in [0.2, 0.25) is 0 Å². The van der Waals surface area contributed by atoms with Crippen LogP contribution in [-0.2, 0) is 20.8 Å². The molecule has 3 aliphatic heterocycles. The molecular formula is C21H26F3NO6. The van der Waals surface area contributed by atoms with E-state index in [4.69, 9.17) is 28.8 Å². The number of carboxylic acid groups (broad SMARTS) is 1.